The lowest BCUT2D eigenvalue weighted by Crippen LogP contribution is -2.28. The molecule has 38 heavy (non-hydrogen) atoms. The van der Waals surface area contributed by atoms with Crippen LogP contribution in [0.15, 0.2) is 84.9 Å². The van der Waals surface area contributed by atoms with Gasteiger partial charge in [-0.25, -0.2) is 0 Å². The predicted molar refractivity (Wildman–Crippen MR) is 145 cm³/mol. The topological polar surface area (TPSA) is 97.7 Å². The van der Waals surface area contributed by atoms with E-state index in [-0.39, 0.29) is 11.7 Å². The van der Waals surface area contributed by atoms with Gasteiger partial charge in [0.15, 0.2) is 5.82 Å². The Morgan fingerprint density at radius 3 is 1.68 bits per heavy atom. The summed E-state index contributed by atoms with van der Waals surface area (Å²) in [5.41, 5.74) is 4.63. The molecule has 0 radical (unpaired) electrons. The number of hydrogen-bond acceptors (Lipinski definition) is 6. The summed E-state index contributed by atoms with van der Waals surface area (Å²) in [5, 5.41) is 20.0. The molecule has 1 amide bonds. The second-order valence-corrected chi connectivity index (χ2v) is 10.1. The van der Waals surface area contributed by atoms with Crippen LogP contribution >= 0.6 is 0 Å². The molecule has 7 nitrogen and oxygen atoms in total. The molecule has 4 aromatic rings. The number of carbonyl (C=O) groups excluding carboxylic acids is 2. The molecule has 0 bridgehead atoms. The predicted octanol–water partition coefficient (Wildman–Crippen LogP) is 4.61. The Hall–Kier alpha value is -4.26. The minimum atomic E-state index is -0.102. The van der Waals surface area contributed by atoms with Gasteiger partial charge in [0.1, 0.15) is 5.78 Å². The molecule has 1 saturated carbocycles. The van der Waals surface area contributed by atoms with Gasteiger partial charge in [0.2, 0.25) is 5.91 Å². The number of nitrogens with zero attached hydrogens (tertiary/aromatic N) is 4. The third-order valence-electron chi connectivity index (χ3n) is 6.92. The zero-order valence-corrected chi connectivity index (χ0v) is 21.3. The maximum atomic E-state index is 12.3. The van der Waals surface area contributed by atoms with E-state index in [9.17, 15) is 9.59 Å². The first kappa shape index (κ1) is 25.4. The van der Waals surface area contributed by atoms with Gasteiger partial charge >= 0.3 is 0 Å². The van der Waals surface area contributed by atoms with Crippen LogP contribution in [0.2, 0.25) is 0 Å². The van der Waals surface area contributed by atoms with Crippen LogP contribution in [-0.4, -0.2) is 32.1 Å². The minimum absolute atomic E-state index is 0.102. The second-order valence-electron chi connectivity index (χ2n) is 10.1. The zero-order valence-electron chi connectivity index (χ0n) is 21.3. The number of nitrogens with one attached hydrogen (secondary N) is 1. The van der Waals surface area contributed by atoms with Gasteiger partial charge in [0.25, 0.3) is 0 Å². The van der Waals surface area contributed by atoms with Crippen LogP contribution in [0.25, 0.3) is 0 Å². The second kappa shape index (κ2) is 12.3. The first-order valence-electron chi connectivity index (χ1n) is 13.1. The summed E-state index contributed by atoms with van der Waals surface area (Å²) in [6, 6.07) is 27.1. The van der Waals surface area contributed by atoms with E-state index in [0.29, 0.717) is 36.9 Å². The molecule has 2 aromatic carbocycles. The highest BCUT2D eigenvalue weighted by molar-refractivity contribution is 5.91. The summed E-state index contributed by atoms with van der Waals surface area (Å²) < 4.78 is 0. The van der Waals surface area contributed by atoms with Crippen LogP contribution in [0.1, 0.15) is 41.1 Å². The normalized spacial score (nSPS) is 16.4. The molecular weight excluding hydrogens is 474 g/mol. The van der Waals surface area contributed by atoms with Gasteiger partial charge in [-0.15, -0.1) is 5.10 Å². The van der Waals surface area contributed by atoms with E-state index in [1.807, 2.05) is 84.9 Å². The van der Waals surface area contributed by atoms with E-state index in [1.165, 1.54) is 0 Å². The molecule has 0 spiro atoms. The van der Waals surface area contributed by atoms with Crippen molar-refractivity contribution in [3.63, 3.8) is 0 Å². The zero-order chi connectivity index (χ0) is 26.2. The van der Waals surface area contributed by atoms with Crippen LogP contribution in [0.3, 0.4) is 0 Å². The standard InChI is InChI=1S/C31H31N5O2/c37-29(19-22-7-3-1-4-8-22)21-28-12-11-26(33-34-28)17-24-15-25(16-24)18-27-13-14-30(36-35-27)32-31(38)20-23-9-5-2-6-10-23/h1-14,24-25H,15-21H2,(H,32,36,38). The van der Waals surface area contributed by atoms with Crippen molar-refractivity contribution >= 4 is 17.5 Å². The monoisotopic (exact) mass is 505 g/mol. The summed E-state index contributed by atoms with van der Waals surface area (Å²) in [5.74, 6) is 1.69. The Kier molecular flexibility index (Phi) is 8.23. The van der Waals surface area contributed by atoms with Gasteiger partial charge in [-0.05, 0) is 72.9 Å². The summed E-state index contributed by atoms with van der Waals surface area (Å²) in [7, 11) is 0. The van der Waals surface area contributed by atoms with E-state index in [0.717, 1.165) is 53.9 Å². The third kappa shape index (κ3) is 7.38. The molecule has 1 aliphatic rings. The summed E-state index contributed by atoms with van der Waals surface area (Å²) in [6.07, 6.45) is 5.07. The van der Waals surface area contributed by atoms with Crippen molar-refractivity contribution in [2.45, 2.75) is 44.9 Å². The number of carbonyl (C=O) groups is 2. The lowest BCUT2D eigenvalue weighted by molar-refractivity contribution is -0.118. The lowest BCUT2D eigenvalue weighted by Gasteiger charge is -2.35. The number of amides is 1. The number of ketones is 1. The highest BCUT2D eigenvalue weighted by Crippen LogP contribution is 2.37. The fourth-order valence-electron chi connectivity index (χ4n) is 4.98. The van der Waals surface area contributed by atoms with Crippen molar-refractivity contribution in [3.8, 4) is 0 Å². The Labute approximate surface area is 222 Å². The van der Waals surface area contributed by atoms with Crippen LogP contribution < -0.4 is 5.32 Å². The largest absolute Gasteiger partial charge is 0.309 e. The number of aromatic nitrogens is 4. The molecular formula is C31H31N5O2. The van der Waals surface area contributed by atoms with Gasteiger partial charge in [0, 0.05) is 6.42 Å². The molecule has 0 aliphatic heterocycles. The highest BCUT2D eigenvalue weighted by Gasteiger charge is 2.30. The van der Waals surface area contributed by atoms with E-state index < -0.39 is 0 Å². The molecule has 0 saturated heterocycles. The smallest absolute Gasteiger partial charge is 0.229 e. The minimum Gasteiger partial charge on any atom is -0.309 e. The van der Waals surface area contributed by atoms with Crippen LogP contribution in [0, 0.1) is 11.8 Å². The highest BCUT2D eigenvalue weighted by atomic mass is 16.1. The maximum Gasteiger partial charge on any atom is 0.229 e. The van der Waals surface area contributed by atoms with E-state index in [2.05, 4.69) is 25.7 Å². The fourth-order valence-corrected chi connectivity index (χ4v) is 4.98. The summed E-state index contributed by atoms with van der Waals surface area (Å²) in [6.45, 7) is 0. The average molecular weight is 506 g/mol. The van der Waals surface area contributed by atoms with E-state index in [1.54, 1.807) is 0 Å². The molecule has 2 heterocycles. The molecule has 0 unspecified atom stereocenters. The quantitative estimate of drug-likeness (QED) is 0.320. The van der Waals surface area contributed by atoms with E-state index in [4.69, 9.17) is 0 Å². The van der Waals surface area contributed by atoms with Crippen molar-refractivity contribution in [1.29, 1.82) is 0 Å². The molecule has 1 N–H and O–H groups in total. The molecule has 1 fully saturated rings. The summed E-state index contributed by atoms with van der Waals surface area (Å²) >= 11 is 0. The van der Waals surface area contributed by atoms with Crippen molar-refractivity contribution in [2.24, 2.45) is 11.8 Å². The molecule has 7 heteroatoms. The van der Waals surface area contributed by atoms with Gasteiger partial charge < -0.3 is 5.32 Å². The van der Waals surface area contributed by atoms with Crippen LogP contribution in [0.4, 0.5) is 5.82 Å². The van der Waals surface area contributed by atoms with Crippen LogP contribution in [-0.2, 0) is 41.7 Å². The van der Waals surface area contributed by atoms with Crippen LogP contribution in [0.5, 0.6) is 0 Å². The van der Waals surface area contributed by atoms with Crippen molar-refractivity contribution < 1.29 is 9.59 Å². The maximum absolute atomic E-state index is 12.3. The number of hydrogen-bond donors (Lipinski definition) is 1. The average Bonchev–Trinajstić information content (AvgIpc) is 2.90. The number of rotatable bonds is 11. The third-order valence-corrected chi connectivity index (χ3v) is 6.92. The van der Waals surface area contributed by atoms with Crippen molar-refractivity contribution in [1.82, 2.24) is 20.4 Å². The molecule has 192 valence electrons. The van der Waals surface area contributed by atoms with Crippen molar-refractivity contribution in [3.05, 3.63) is 113 Å². The van der Waals surface area contributed by atoms with Gasteiger partial charge in [-0.2, -0.15) is 15.3 Å². The van der Waals surface area contributed by atoms with E-state index >= 15 is 0 Å². The fraction of sp³-hybridized carbons (Fsp3) is 0.290. The van der Waals surface area contributed by atoms with Gasteiger partial charge in [-0.3, -0.25) is 9.59 Å². The molecule has 2 aromatic heterocycles. The Morgan fingerprint density at radius 2 is 1.13 bits per heavy atom. The summed E-state index contributed by atoms with van der Waals surface area (Å²) in [4.78, 5) is 24.5. The van der Waals surface area contributed by atoms with Gasteiger partial charge in [0.05, 0.1) is 29.9 Å². The molecule has 0 atom stereocenters. The molecule has 1 aliphatic carbocycles. The first-order valence-corrected chi connectivity index (χ1v) is 13.1. The van der Waals surface area contributed by atoms with Gasteiger partial charge in [-0.1, -0.05) is 60.7 Å². The number of Topliss-reactive ketones (excluding diaryl/α,β-unsaturated/α-hetero) is 1. The number of anilines is 1. The Balaban J connectivity index is 1.01. The first-order chi connectivity index (χ1) is 18.6. The number of benzene rings is 2. The Bertz CT molecular complexity index is 1230. The Morgan fingerprint density at radius 1 is 0.605 bits per heavy atom. The SMILES string of the molecule is O=C(Cc1ccccc1)Cc1ccc(CC2CC(Cc3ccc(NC(=O)Cc4ccccc4)nn3)C2)nn1. The van der Waals surface area contributed by atoms with Crippen molar-refractivity contribution in [2.75, 3.05) is 5.32 Å². The lowest BCUT2D eigenvalue weighted by atomic mass is 9.71. The molecule has 5 rings (SSSR count).